The number of carbonyl (C=O) groups is 2. The number of fused-ring (bicyclic) bond motifs is 1. The average Bonchev–Trinajstić information content (AvgIpc) is 3.37. The first-order valence-electron chi connectivity index (χ1n) is 11.0. The molecule has 1 aromatic heterocycles. The molecule has 0 fully saturated rings. The second-order valence-corrected chi connectivity index (χ2v) is 9.43. The van der Waals surface area contributed by atoms with E-state index in [0.29, 0.717) is 10.7 Å². The Hall–Kier alpha value is -4.10. The topological polar surface area (TPSA) is 70.5 Å². The van der Waals surface area contributed by atoms with Gasteiger partial charge in [-0.15, -0.1) is 0 Å². The largest absolute Gasteiger partial charge is 0.503 e. The molecule has 1 unspecified atom stereocenters. The van der Waals surface area contributed by atoms with Crippen molar-refractivity contribution >= 4 is 44.5 Å². The zero-order valence-electron chi connectivity index (χ0n) is 19.0. The summed E-state index contributed by atoms with van der Waals surface area (Å²) in [4.78, 5) is 32.6. The summed E-state index contributed by atoms with van der Waals surface area (Å²) in [6.07, 6.45) is 2.96. The van der Waals surface area contributed by atoms with Gasteiger partial charge in [0.25, 0.3) is 5.91 Å². The molecule has 0 radical (unpaired) electrons. The van der Waals surface area contributed by atoms with Gasteiger partial charge in [-0.05, 0) is 60.4 Å². The van der Waals surface area contributed by atoms with Gasteiger partial charge in [0.05, 0.1) is 21.8 Å². The molecular weight excluding hydrogens is 463 g/mol. The number of hydrogen-bond acceptors (Lipinski definition) is 5. The van der Waals surface area contributed by atoms with E-state index in [1.54, 1.807) is 6.08 Å². The van der Waals surface area contributed by atoms with Crippen molar-refractivity contribution in [3.63, 3.8) is 0 Å². The SMILES string of the molecule is Cc1cc(C)c2nc(N3C(=O)C(O)=C(C(=O)/C=C/c4ccccc4)C3c3ccc(F)cc3)sc2c1. The average molecular weight is 485 g/mol. The Bertz CT molecular complexity index is 1520. The van der Waals surface area contributed by atoms with E-state index in [1.165, 1.54) is 46.6 Å². The molecule has 0 aliphatic carbocycles. The van der Waals surface area contributed by atoms with E-state index in [9.17, 15) is 19.1 Å². The van der Waals surface area contributed by atoms with Gasteiger partial charge in [0.2, 0.25) is 0 Å². The lowest BCUT2D eigenvalue weighted by molar-refractivity contribution is -0.117. The van der Waals surface area contributed by atoms with Crippen LogP contribution in [0.1, 0.15) is 28.3 Å². The molecule has 1 aliphatic heterocycles. The number of amides is 1. The zero-order chi connectivity index (χ0) is 24.7. The molecule has 3 aromatic carbocycles. The number of benzene rings is 3. The maximum absolute atomic E-state index is 13.7. The van der Waals surface area contributed by atoms with Crippen molar-refractivity contribution in [2.45, 2.75) is 19.9 Å². The minimum atomic E-state index is -0.946. The number of aryl methyl sites for hydroxylation is 2. The summed E-state index contributed by atoms with van der Waals surface area (Å²) in [7, 11) is 0. The highest BCUT2D eigenvalue weighted by atomic mass is 32.1. The van der Waals surface area contributed by atoms with Gasteiger partial charge in [0.1, 0.15) is 5.82 Å². The fourth-order valence-electron chi connectivity index (χ4n) is 4.30. The van der Waals surface area contributed by atoms with Gasteiger partial charge in [0, 0.05) is 0 Å². The van der Waals surface area contributed by atoms with Crippen molar-refractivity contribution < 1.29 is 19.1 Å². The molecule has 5 rings (SSSR count). The van der Waals surface area contributed by atoms with E-state index in [2.05, 4.69) is 4.98 Å². The van der Waals surface area contributed by atoms with Gasteiger partial charge in [0.15, 0.2) is 16.7 Å². The highest BCUT2D eigenvalue weighted by Gasteiger charge is 2.45. The molecule has 5 nitrogen and oxygen atoms in total. The summed E-state index contributed by atoms with van der Waals surface area (Å²) in [6.45, 7) is 3.93. The van der Waals surface area contributed by atoms with Crippen LogP contribution < -0.4 is 4.90 Å². The van der Waals surface area contributed by atoms with Crippen molar-refractivity contribution in [3.05, 3.63) is 112 Å². The number of rotatable bonds is 5. The summed E-state index contributed by atoms with van der Waals surface area (Å²) in [5.74, 6) is -2.30. The highest BCUT2D eigenvalue weighted by molar-refractivity contribution is 7.22. The van der Waals surface area contributed by atoms with Crippen LogP contribution in [0.4, 0.5) is 9.52 Å². The van der Waals surface area contributed by atoms with Gasteiger partial charge >= 0.3 is 0 Å². The summed E-state index contributed by atoms with van der Waals surface area (Å²) in [5.41, 5.74) is 4.01. The number of ketones is 1. The van der Waals surface area contributed by atoms with Crippen molar-refractivity contribution in [1.29, 1.82) is 0 Å². The highest BCUT2D eigenvalue weighted by Crippen LogP contribution is 2.44. The molecule has 174 valence electrons. The molecule has 0 saturated carbocycles. The van der Waals surface area contributed by atoms with Crippen LogP contribution in [0.2, 0.25) is 0 Å². The van der Waals surface area contributed by atoms with Crippen molar-refractivity contribution in [3.8, 4) is 0 Å². The maximum atomic E-state index is 13.7. The molecule has 2 heterocycles. The van der Waals surface area contributed by atoms with Crippen LogP contribution >= 0.6 is 11.3 Å². The lowest BCUT2D eigenvalue weighted by atomic mass is 9.95. The van der Waals surface area contributed by atoms with E-state index < -0.39 is 29.3 Å². The van der Waals surface area contributed by atoms with Crippen LogP contribution in [0.15, 0.2) is 84.1 Å². The summed E-state index contributed by atoms with van der Waals surface area (Å²) < 4.78 is 14.6. The molecule has 35 heavy (non-hydrogen) atoms. The van der Waals surface area contributed by atoms with Crippen LogP contribution in [0.3, 0.4) is 0 Å². The van der Waals surface area contributed by atoms with Crippen LogP contribution in [0.25, 0.3) is 16.3 Å². The Morgan fingerprint density at radius 2 is 1.80 bits per heavy atom. The molecule has 1 aliphatic rings. The predicted octanol–water partition coefficient (Wildman–Crippen LogP) is 6.23. The zero-order valence-corrected chi connectivity index (χ0v) is 19.8. The molecular formula is C28H21FN2O3S. The third kappa shape index (κ3) is 4.15. The van der Waals surface area contributed by atoms with Crippen molar-refractivity contribution in [1.82, 2.24) is 4.98 Å². The standard InChI is InChI=1S/C28H21FN2O3S/c1-16-14-17(2)24-22(15-16)35-28(30-24)31-25(19-9-11-20(29)12-10-19)23(26(33)27(31)34)21(32)13-8-18-6-4-3-5-7-18/h3-15,25,33H,1-2H3/b13-8+. The lowest BCUT2D eigenvalue weighted by Gasteiger charge is -2.24. The Labute approximate surface area is 205 Å². The number of allylic oxidation sites excluding steroid dienone is 1. The first-order chi connectivity index (χ1) is 16.8. The summed E-state index contributed by atoms with van der Waals surface area (Å²) in [6, 6.07) is 17.8. The Balaban J connectivity index is 1.62. The number of aliphatic hydroxyl groups excluding tert-OH is 1. The van der Waals surface area contributed by atoms with E-state index in [0.717, 1.165) is 26.9 Å². The number of nitrogens with zero attached hydrogens (tertiary/aromatic N) is 2. The fraction of sp³-hybridized carbons (Fsp3) is 0.107. The number of halogens is 1. The molecule has 0 spiro atoms. The molecule has 1 N–H and O–H groups in total. The van der Waals surface area contributed by atoms with Gasteiger partial charge < -0.3 is 5.11 Å². The molecule has 1 amide bonds. The second kappa shape index (κ2) is 8.92. The first-order valence-corrected chi connectivity index (χ1v) is 11.8. The number of carbonyl (C=O) groups excluding carboxylic acids is 2. The van der Waals surface area contributed by atoms with Crippen molar-refractivity contribution in [2.24, 2.45) is 0 Å². The Morgan fingerprint density at radius 3 is 2.51 bits per heavy atom. The van der Waals surface area contributed by atoms with Gasteiger partial charge in [-0.1, -0.05) is 65.9 Å². The van der Waals surface area contributed by atoms with E-state index in [4.69, 9.17) is 0 Å². The normalized spacial score (nSPS) is 16.1. The monoisotopic (exact) mass is 484 g/mol. The van der Waals surface area contributed by atoms with Gasteiger partial charge in [-0.3, -0.25) is 14.5 Å². The molecule has 1 atom stereocenters. The molecule has 0 saturated heterocycles. The number of aromatic nitrogens is 1. The van der Waals surface area contributed by atoms with Gasteiger partial charge in [-0.2, -0.15) is 0 Å². The van der Waals surface area contributed by atoms with Crippen LogP contribution in [0.5, 0.6) is 0 Å². The van der Waals surface area contributed by atoms with Crippen LogP contribution in [0, 0.1) is 19.7 Å². The number of thiazole rings is 1. The second-order valence-electron chi connectivity index (χ2n) is 8.42. The molecule has 0 bridgehead atoms. The third-order valence-corrected chi connectivity index (χ3v) is 6.91. The Morgan fingerprint density at radius 1 is 1.09 bits per heavy atom. The fourth-order valence-corrected chi connectivity index (χ4v) is 5.47. The third-order valence-electron chi connectivity index (χ3n) is 5.91. The minimum absolute atomic E-state index is 0.0686. The smallest absolute Gasteiger partial charge is 0.296 e. The van der Waals surface area contributed by atoms with Crippen LogP contribution in [-0.4, -0.2) is 21.8 Å². The molecule has 7 heteroatoms. The van der Waals surface area contributed by atoms with E-state index >= 15 is 0 Å². The number of anilines is 1. The van der Waals surface area contributed by atoms with Crippen LogP contribution in [-0.2, 0) is 9.59 Å². The quantitative estimate of drug-likeness (QED) is 0.341. The molecule has 4 aromatic rings. The van der Waals surface area contributed by atoms with Gasteiger partial charge in [-0.25, -0.2) is 9.37 Å². The first kappa shape index (κ1) is 22.7. The summed E-state index contributed by atoms with van der Waals surface area (Å²) in [5, 5.41) is 11.2. The van der Waals surface area contributed by atoms with Crippen molar-refractivity contribution in [2.75, 3.05) is 4.90 Å². The van der Waals surface area contributed by atoms with E-state index in [-0.39, 0.29) is 5.57 Å². The summed E-state index contributed by atoms with van der Waals surface area (Å²) >= 11 is 1.31. The maximum Gasteiger partial charge on any atom is 0.296 e. The predicted molar refractivity (Wildman–Crippen MR) is 136 cm³/mol. The Kier molecular flexibility index (Phi) is 5.78. The van der Waals surface area contributed by atoms with E-state index in [1.807, 2.05) is 56.3 Å². The lowest BCUT2D eigenvalue weighted by Crippen LogP contribution is -2.30. The number of hydrogen-bond donors (Lipinski definition) is 1. The minimum Gasteiger partial charge on any atom is -0.503 e. The number of aliphatic hydroxyl groups is 1.